The van der Waals surface area contributed by atoms with E-state index >= 15 is 0 Å². The Morgan fingerprint density at radius 3 is 2.73 bits per heavy atom. The first-order valence-corrected chi connectivity index (χ1v) is 4.61. The van der Waals surface area contributed by atoms with Crippen molar-refractivity contribution in [3.8, 4) is 0 Å². The van der Waals surface area contributed by atoms with Gasteiger partial charge in [-0.3, -0.25) is 4.79 Å². The Hall–Kier alpha value is -0.760. The monoisotopic (exact) mass is 166 g/mol. The topological polar surface area (TPSA) is 17.1 Å². The van der Waals surface area contributed by atoms with Gasteiger partial charge < -0.3 is 0 Å². The van der Waals surface area contributed by atoms with E-state index < -0.39 is 0 Å². The minimum atomic E-state index is 0.789. The molecular weight excluding hydrogens is 156 g/mol. The Bertz CT molecular complexity index is 268. The van der Waals surface area contributed by atoms with Crippen molar-refractivity contribution in [3.63, 3.8) is 0 Å². The maximum atomic E-state index is 10.5. The molecule has 1 rings (SSSR count). The summed E-state index contributed by atoms with van der Waals surface area (Å²) in [4.78, 5) is 11.7. The molecule has 0 amide bonds. The summed E-state index contributed by atoms with van der Waals surface area (Å²) >= 11 is 1.67. The van der Waals surface area contributed by atoms with Crippen molar-refractivity contribution < 1.29 is 4.79 Å². The quantitative estimate of drug-likeness (QED) is 0.496. The fourth-order valence-electron chi connectivity index (χ4n) is 0.980. The molecule has 0 aliphatic carbocycles. The summed E-state index contributed by atoms with van der Waals surface area (Å²) < 4.78 is 0. The van der Waals surface area contributed by atoms with Crippen LogP contribution in [0.4, 0.5) is 0 Å². The molecule has 0 heterocycles. The second-order valence-corrected chi connectivity index (χ2v) is 3.14. The number of benzene rings is 1. The SMILES string of the molecule is CSc1cccc(C=O)c1C. The predicted molar refractivity (Wildman–Crippen MR) is 48.3 cm³/mol. The van der Waals surface area contributed by atoms with Crippen LogP contribution in [0, 0.1) is 6.92 Å². The third-order valence-corrected chi connectivity index (χ3v) is 2.55. The minimum Gasteiger partial charge on any atom is -0.298 e. The molecule has 0 radical (unpaired) electrons. The van der Waals surface area contributed by atoms with E-state index in [4.69, 9.17) is 0 Å². The normalized spacial score (nSPS) is 9.64. The van der Waals surface area contributed by atoms with Gasteiger partial charge in [-0.2, -0.15) is 0 Å². The molecule has 1 aromatic rings. The maximum absolute atomic E-state index is 10.5. The van der Waals surface area contributed by atoms with Crippen LogP contribution in [0.25, 0.3) is 0 Å². The standard InChI is InChI=1S/C9H10OS/c1-7-8(6-10)4-3-5-9(7)11-2/h3-6H,1-2H3. The molecule has 0 aliphatic rings. The van der Waals surface area contributed by atoms with Crippen LogP contribution in [0.1, 0.15) is 15.9 Å². The lowest BCUT2D eigenvalue weighted by Gasteiger charge is -2.02. The largest absolute Gasteiger partial charge is 0.298 e. The minimum absolute atomic E-state index is 0.789. The first kappa shape index (κ1) is 8.34. The molecule has 0 fully saturated rings. The van der Waals surface area contributed by atoms with E-state index in [2.05, 4.69) is 0 Å². The van der Waals surface area contributed by atoms with Gasteiger partial charge in [-0.05, 0) is 24.8 Å². The van der Waals surface area contributed by atoms with Crippen molar-refractivity contribution in [1.29, 1.82) is 0 Å². The number of hydrogen-bond donors (Lipinski definition) is 0. The fourth-order valence-corrected chi connectivity index (χ4v) is 1.62. The van der Waals surface area contributed by atoms with Gasteiger partial charge in [0, 0.05) is 10.5 Å². The van der Waals surface area contributed by atoms with Crippen molar-refractivity contribution in [2.24, 2.45) is 0 Å². The van der Waals surface area contributed by atoms with E-state index in [0.717, 1.165) is 17.4 Å². The molecule has 0 bridgehead atoms. The Labute approximate surface area is 70.8 Å². The average molecular weight is 166 g/mol. The number of thioether (sulfide) groups is 1. The summed E-state index contributed by atoms with van der Waals surface area (Å²) in [5, 5.41) is 0. The zero-order chi connectivity index (χ0) is 8.27. The molecule has 58 valence electrons. The van der Waals surface area contributed by atoms with Crippen LogP contribution in [0.5, 0.6) is 0 Å². The van der Waals surface area contributed by atoms with Gasteiger partial charge in [-0.25, -0.2) is 0 Å². The summed E-state index contributed by atoms with van der Waals surface area (Å²) in [6.07, 6.45) is 2.91. The molecule has 1 nitrogen and oxygen atoms in total. The lowest BCUT2D eigenvalue weighted by atomic mass is 10.1. The van der Waals surface area contributed by atoms with Crippen LogP contribution in [0.3, 0.4) is 0 Å². The fraction of sp³-hybridized carbons (Fsp3) is 0.222. The molecule has 0 N–H and O–H groups in total. The molecule has 0 saturated carbocycles. The van der Waals surface area contributed by atoms with Crippen LogP contribution in [-0.2, 0) is 0 Å². The van der Waals surface area contributed by atoms with Gasteiger partial charge in [-0.1, -0.05) is 12.1 Å². The summed E-state index contributed by atoms with van der Waals surface area (Å²) in [5.41, 5.74) is 1.87. The second-order valence-electron chi connectivity index (χ2n) is 2.29. The summed E-state index contributed by atoms with van der Waals surface area (Å²) in [6.45, 7) is 1.97. The third kappa shape index (κ3) is 1.63. The first-order valence-electron chi connectivity index (χ1n) is 3.38. The molecule has 0 aromatic heterocycles. The maximum Gasteiger partial charge on any atom is 0.150 e. The predicted octanol–water partition coefficient (Wildman–Crippen LogP) is 2.53. The highest BCUT2D eigenvalue weighted by molar-refractivity contribution is 7.98. The van der Waals surface area contributed by atoms with E-state index in [1.165, 1.54) is 4.90 Å². The highest BCUT2D eigenvalue weighted by Gasteiger charge is 1.99. The van der Waals surface area contributed by atoms with Gasteiger partial charge in [0.2, 0.25) is 0 Å². The van der Waals surface area contributed by atoms with E-state index in [1.807, 2.05) is 31.4 Å². The first-order chi connectivity index (χ1) is 5.29. The number of aldehydes is 1. The number of rotatable bonds is 2. The number of carbonyl (C=O) groups excluding carboxylic acids is 1. The Kier molecular flexibility index (Phi) is 2.71. The molecule has 11 heavy (non-hydrogen) atoms. The average Bonchev–Trinajstić information content (AvgIpc) is 2.05. The van der Waals surface area contributed by atoms with Crippen LogP contribution in [-0.4, -0.2) is 12.5 Å². The Balaban J connectivity index is 3.20. The smallest absolute Gasteiger partial charge is 0.150 e. The van der Waals surface area contributed by atoms with Crippen LogP contribution in [0.2, 0.25) is 0 Å². The Morgan fingerprint density at radius 2 is 2.18 bits per heavy atom. The summed E-state index contributed by atoms with van der Waals surface area (Å²) in [7, 11) is 0. The molecule has 1 aromatic carbocycles. The van der Waals surface area contributed by atoms with Crippen molar-refractivity contribution >= 4 is 18.0 Å². The summed E-state index contributed by atoms with van der Waals surface area (Å²) in [5.74, 6) is 0. The van der Waals surface area contributed by atoms with E-state index in [1.54, 1.807) is 11.8 Å². The highest BCUT2D eigenvalue weighted by atomic mass is 32.2. The van der Waals surface area contributed by atoms with Crippen molar-refractivity contribution in [2.45, 2.75) is 11.8 Å². The zero-order valence-corrected chi connectivity index (χ0v) is 7.44. The van der Waals surface area contributed by atoms with Crippen LogP contribution >= 0.6 is 11.8 Å². The Morgan fingerprint density at radius 1 is 1.45 bits per heavy atom. The van der Waals surface area contributed by atoms with E-state index in [9.17, 15) is 4.79 Å². The van der Waals surface area contributed by atoms with Gasteiger partial charge in [0.25, 0.3) is 0 Å². The van der Waals surface area contributed by atoms with Gasteiger partial charge in [0.1, 0.15) is 6.29 Å². The number of carbonyl (C=O) groups is 1. The van der Waals surface area contributed by atoms with Gasteiger partial charge in [-0.15, -0.1) is 11.8 Å². The van der Waals surface area contributed by atoms with Crippen LogP contribution in [0.15, 0.2) is 23.1 Å². The molecule has 0 atom stereocenters. The molecule has 0 unspecified atom stereocenters. The molecular formula is C9H10OS. The number of hydrogen-bond acceptors (Lipinski definition) is 2. The van der Waals surface area contributed by atoms with E-state index in [0.29, 0.717) is 0 Å². The molecule has 0 aliphatic heterocycles. The third-order valence-electron chi connectivity index (χ3n) is 1.67. The van der Waals surface area contributed by atoms with Crippen molar-refractivity contribution in [2.75, 3.05) is 6.26 Å². The zero-order valence-electron chi connectivity index (χ0n) is 6.63. The lowest BCUT2D eigenvalue weighted by Crippen LogP contribution is -1.87. The molecule has 2 heteroatoms. The summed E-state index contributed by atoms with van der Waals surface area (Å²) in [6, 6.07) is 5.76. The van der Waals surface area contributed by atoms with Gasteiger partial charge in [0.05, 0.1) is 0 Å². The van der Waals surface area contributed by atoms with Gasteiger partial charge >= 0.3 is 0 Å². The molecule has 0 spiro atoms. The van der Waals surface area contributed by atoms with E-state index in [-0.39, 0.29) is 0 Å². The van der Waals surface area contributed by atoms with Gasteiger partial charge in [0.15, 0.2) is 0 Å². The second kappa shape index (κ2) is 3.58. The highest BCUT2D eigenvalue weighted by Crippen LogP contribution is 2.21. The van der Waals surface area contributed by atoms with Crippen molar-refractivity contribution in [3.05, 3.63) is 29.3 Å². The lowest BCUT2D eigenvalue weighted by molar-refractivity contribution is 0.112. The molecule has 0 saturated heterocycles. The van der Waals surface area contributed by atoms with Crippen molar-refractivity contribution in [1.82, 2.24) is 0 Å². The van der Waals surface area contributed by atoms with Crippen LogP contribution < -0.4 is 0 Å².